The lowest BCUT2D eigenvalue weighted by Gasteiger charge is -2.29. The molecular formula is C23H26ClF3N2O7S2. The van der Waals surface area contributed by atoms with Crippen molar-refractivity contribution in [2.75, 3.05) is 31.6 Å². The number of ether oxygens (including phenoxy) is 1. The number of phenolic OH excluding ortho intramolecular Hbond substituents is 1. The largest absolute Gasteiger partial charge is 0.507 e. The summed E-state index contributed by atoms with van der Waals surface area (Å²) < 4.78 is 95.4. The van der Waals surface area contributed by atoms with Crippen LogP contribution in [0.3, 0.4) is 0 Å². The number of nitrogens with one attached hydrogen (secondary N) is 1. The van der Waals surface area contributed by atoms with E-state index in [4.69, 9.17) is 16.3 Å². The highest BCUT2D eigenvalue weighted by Crippen LogP contribution is 2.40. The molecule has 15 heteroatoms. The smallest absolute Gasteiger partial charge is 0.501 e. The van der Waals surface area contributed by atoms with Gasteiger partial charge >= 0.3 is 5.51 Å². The van der Waals surface area contributed by atoms with E-state index in [9.17, 15) is 39.9 Å². The van der Waals surface area contributed by atoms with Crippen molar-refractivity contribution in [2.24, 2.45) is 0 Å². The molecule has 0 aromatic heterocycles. The number of rotatable bonds is 5. The van der Waals surface area contributed by atoms with Gasteiger partial charge in [-0.3, -0.25) is 4.79 Å². The van der Waals surface area contributed by atoms with Crippen LogP contribution in [0.2, 0.25) is 5.02 Å². The van der Waals surface area contributed by atoms with Gasteiger partial charge in [0.2, 0.25) is 10.0 Å². The van der Waals surface area contributed by atoms with E-state index in [0.29, 0.717) is 12.1 Å². The topological polar surface area (TPSA) is 130 Å². The van der Waals surface area contributed by atoms with E-state index in [2.05, 4.69) is 5.32 Å². The second-order valence-corrected chi connectivity index (χ2v) is 13.8. The van der Waals surface area contributed by atoms with Gasteiger partial charge in [-0.15, -0.1) is 0 Å². The lowest BCUT2D eigenvalue weighted by molar-refractivity contribution is -0.0436. The number of carbonyl (C=O) groups excluding carboxylic acids is 1. The van der Waals surface area contributed by atoms with Gasteiger partial charge < -0.3 is 15.2 Å². The minimum Gasteiger partial charge on any atom is -0.507 e. The van der Waals surface area contributed by atoms with E-state index in [1.807, 2.05) is 0 Å². The Balaban J connectivity index is 2.11. The first-order valence-electron chi connectivity index (χ1n) is 11.2. The molecule has 1 aliphatic heterocycles. The molecule has 3 rings (SSSR count). The summed E-state index contributed by atoms with van der Waals surface area (Å²) in [6.45, 7) is 7.04. The minimum atomic E-state index is -5.68. The number of nitrogens with zero attached hydrogens (tertiary/aromatic N) is 1. The van der Waals surface area contributed by atoms with Crippen LogP contribution in [0.15, 0.2) is 34.1 Å². The van der Waals surface area contributed by atoms with Crippen LogP contribution in [0, 0.1) is 6.92 Å². The third-order valence-corrected chi connectivity index (χ3v) is 9.76. The zero-order chi connectivity index (χ0) is 28.8. The highest BCUT2D eigenvalue weighted by molar-refractivity contribution is 7.92. The number of carbonyl (C=O) groups is 1. The number of hydrogen-bond acceptors (Lipinski definition) is 7. The Labute approximate surface area is 223 Å². The summed E-state index contributed by atoms with van der Waals surface area (Å²) >= 11 is 5.98. The molecule has 9 nitrogen and oxygen atoms in total. The summed E-state index contributed by atoms with van der Waals surface area (Å²) in [7, 11) is -9.78. The van der Waals surface area contributed by atoms with Gasteiger partial charge in [0.05, 0.1) is 39.3 Å². The molecule has 1 fully saturated rings. The predicted molar refractivity (Wildman–Crippen MR) is 134 cm³/mol. The number of alkyl halides is 3. The molecule has 0 unspecified atom stereocenters. The summed E-state index contributed by atoms with van der Waals surface area (Å²) in [5.74, 6) is -1.49. The van der Waals surface area contributed by atoms with Gasteiger partial charge in [-0.25, -0.2) is 16.8 Å². The van der Waals surface area contributed by atoms with Crippen molar-refractivity contribution in [3.05, 3.63) is 46.0 Å². The van der Waals surface area contributed by atoms with Crippen molar-refractivity contribution in [3.63, 3.8) is 0 Å². The molecule has 0 spiro atoms. The van der Waals surface area contributed by atoms with Gasteiger partial charge in [-0.05, 0) is 42.2 Å². The normalized spacial score (nSPS) is 15.9. The van der Waals surface area contributed by atoms with Crippen LogP contribution in [0.1, 0.15) is 42.3 Å². The van der Waals surface area contributed by atoms with Crippen LogP contribution in [0.4, 0.5) is 18.9 Å². The lowest BCUT2D eigenvalue weighted by Crippen LogP contribution is -2.41. The number of sulfonamides is 1. The Kier molecular flexibility index (Phi) is 8.17. The Morgan fingerprint density at radius 2 is 1.66 bits per heavy atom. The molecule has 2 aromatic rings. The summed E-state index contributed by atoms with van der Waals surface area (Å²) in [4.78, 5) is 12.0. The molecule has 0 radical (unpaired) electrons. The first kappa shape index (κ1) is 30.2. The number of hydrogen-bond donors (Lipinski definition) is 2. The maximum absolute atomic E-state index is 13.5. The number of benzene rings is 2. The van der Waals surface area contributed by atoms with Gasteiger partial charge in [0.1, 0.15) is 5.75 Å². The van der Waals surface area contributed by atoms with E-state index in [-0.39, 0.29) is 53.6 Å². The zero-order valence-electron chi connectivity index (χ0n) is 20.8. The van der Waals surface area contributed by atoms with Crippen molar-refractivity contribution in [1.29, 1.82) is 0 Å². The fourth-order valence-electron chi connectivity index (χ4n) is 3.87. The zero-order valence-corrected chi connectivity index (χ0v) is 23.2. The highest BCUT2D eigenvalue weighted by atomic mass is 35.5. The van der Waals surface area contributed by atoms with Gasteiger partial charge in [-0.2, -0.15) is 17.5 Å². The Hall–Kier alpha value is -2.39. The van der Waals surface area contributed by atoms with Crippen molar-refractivity contribution < 1.29 is 44.6 Å². The third kappa shape index (κ3) is 5.64. The molecule has 0 bridgehead atoms. The van der Waals surface area contributed by atoms with Crippen molar-refractivity contribution >= 4 is 43.1 Å². The number of anilines is 1. The average molecular weight is 599 g/mol. The Bertz CT molecular complexity index is 1480. The van der Waals surface area contributed by atoms with Crippen LogP contribution < -0.4 is 5.32 Å². The van der Waals surface area contributed by atoms with Gasteiger partial charge in [-0.1, -0.05) is 32.4 Å². The van der Waals surface area contributed by atoms with Gasteiger partial charge in [0.25, 0.3) is 15.7 Å². The van der Waals surface area contributed by atoms with E-state index < -0.39 is 52.4 Å². The second-order valence-electron chi connectivity index (χ2n) is 9.58. The summed E-state index contributed by atoms with van der Waals surface area (Å²) in [6, 6.07) is 3.34. The van der Waals surface area contributed by atoms with Gasteiger partial charge in [0, 0.05) is 18.7 Å². The molecule has 2 aromatic carbocycles. The molecule has 0 aliphatic carbocycles. The molecule has 1 amide bonds. The Morgan fingerprint density at radius 1 is 1.08 bits per heavy atom. The molecular weight excluding hydrogens is 573 g/mol. The van der Waals surface area contributed by atoms with Crippen molar-refractivity contribution in [2.45, 2.75) is 48.4 Å². The molecule has 210 valence electrons. The first-order chi connectivity index (χ1) is 17.3. The van der Waals surface area contributed by atoms with Gasteiger partial charge in [0.15, 0.2) is 0 Å². The number of sulfone groups is 1. The molecule has 1 aliphatic rings. The fourth-order valence-corrected chi connectivity index (χ4v) is 6.61. The third-order valence-electron chi connectivity index (χ3n) is 5.94. The second kappa shape index (κ2) is 10.3. The van der Waals surface area contributed by atoms with Crippen molar-refractivity contribution in [3.8, 4) is 5.75 Å². The summed E-state index contributed by atoms with van der Waals surface area (Å²) in [5, 5.41) is 12.8. The maximum Gasteiger partial charge on any atom is 0.501 e. The quantitative estimate of drug-likeness (QED) is 0.527. The molecule has 38 heavy (non-hydrogen) atoms. The monoisotopic (exact) mass is 598 g/mol. The summed E-state index contributed by atoms with van der Waals surface area (Å²) in [5.41, 5.74) is -6.89. The molecule has 0 saturated carbocycles. The average Bonchev–Trinajstić information content (AvgIpc) is 2.79. The van der Waals surface area contributed by atoms with E-state index in [1.54, 1.807) is 20.8 Å². The standard InChI is InChI=1S/C23H26ClF3N2O7S2/c1-13-18(38(34,35)29-7-9-36-10-8-29)12-15(22(2,3)4)20(30)19(13)21(31)28-17-6-5-14(11-16(17)24)37(32,33)23(25,26)27/h5-6,11-12,30H,7-10H2,1-4H3,(H,28,31). The van der Waals surface area contributed by atoms with Crippen LogP contribution in [-0.4, -0.2) is 64.0 Å². The number of halogens is 4. The van der Waals surface area contributed by atoms with E-state index in [0.717, 1.165) is 6.07 Å². The van der Waals surface area contributed by atoms with E-state index in [1.165, 1.54) is 17.3 Å². The molecule has 0 atom stereocenters. The van der Waals surface area contributed by atoms with Crippen LogP contribution in [-0.2, 0) is 30.0 Å². The minimum absolute atomic E-state index is 0.0631. The van der Waals surface area contributed by atoms with Crippen molar-refractivity contribution in [1.82, 2.24) is 4.31 Å². The van der Waals surface area contributed by atoms with Crippen LogP contribution >= 0.6 is 11.6 Å². The summed E-state index contributed by atoms with van der Waals surface area (Å²) in [6.07, 6.45) is 0. The fraction of sp³-hybridized carbons (Fsp3) is 0.435. The molecule has 1 saturated heterocycles. The maximum atomic E-state index is 13.5. The number of phenols is 1. The first-order valence-corrected chi connectivity index (χ1v) is 14.5. The molecule has 2 N–H and O–H groups in total. The Morgan fingerprint density at radius 3 is 2.16 bits per heavy atom. The van der Waals surface area contributed by atoms with Crippen LogP contribution in [0.25, 0.3) is 0 Å². The predicted octanol–water partition coefficient (Wildman–Crippen LogP) is 4.22. The lowest BCUT2D eigenvalue weighted by atomic mass is 9.84. The number of morpholine rings is 1. The number of amides is 1. The SMILES string of the molecule is Cc1c(S(=O)(=O)N2CCOCC2)cc(C(C)(C)C)c(O)c1C(=O)Nc1ccc(S(=O)(=O)C(F)(F)F)cc1Cl. The van der Waals surface area contributed by atoms with E-state index >= 15 is 0 Å². The number of aromatic hydroxyl groups is 1. The molecule has 1 heterocycles. The highest BCUT2D eigenvalue weighted by Gasteiger charge is 2.47. The van der Waals surface area contributed by atoms with Crippen LogP contribution in [0.5, 0.6) is 5.75 Å².